The van der Waals surface area contributed by atoms with E-state index in [0.717, 1.165) is 6.07 Å². The Morgan fingerprint density at radius 1 is 1.50 bits per heavy atom. The molecular weight excluding hydrogens is 308 g/mol. The second kappa shape index (κ2) is 6.67. The second-order valence-corrected chi connectivity index (χ2v) is 5.97. The van der Waals surface area contributed by atoms with Crippen molar-refractivity contribution >= 4 is 27.6 Å². The van der Waals surface area contributed by atoms with Crippen molar-refractivity contribution in [2.24, 2.45) is 0 Å². The average Bonchev–Trinajstić information content (AvgIpc) is 2.38. The molecule has 3 N–H and O–H groups in total. The van der Waals surface area contributed by atoms with Gasteiger partial charge >= 0.3 is 5.97 Å². The normalized spacial score (nSPS) is 12.7. The summed E-state index contributed by atoms with van der Waals surface area (Å²) in [6.45, 7) is -0.243. The molecule has 0 amide bonds. The maximum Gasteiger partial charge on any atom is 0.332 e. The number of aliphatic hydroxyl groups excluding tert-OH is 1. The van der Waals surface area contributed by atoms with Crippen LogP contribution in [-0.2, 0) is 14.8 Å². The Bertz CT molecular complexity index is 653. The summed E-state index contributed by atoms with van der Waals surface area (Å²) in [4.78, 5) is 10.2. The lowest BCUT2D eigenvalue weighted by Gasteiger charge is -2.09. The smallest absolute Gasteiger partial charge is 0.332 e. The Kier molecular flexibility index (Phi) is 5.47. The fourth-order valence-corrected chi connectivity index (χ4v) is 2.65. The molecule has 0 radical (unpaired) electrons. The van der Waals surface area contributed by atoms with Crippen LogP contribution in [0.4, 0.5) is 0 Å². The zero-order valence-corrected chi connectivity index (χ0v) is 11.6. The van der Waals surface area contributed by atoms with Crippen LogP contribution in [0.15, 0.2) is 23.1 Å². The predicted molar refractivity (Wildman–Crippen MR) is 69.6 cm³/mol. The Labute approximate surface area is 120 Å². The Morgan fingerprint density at radius 3 is 2.65 bits per heavy atom. The predicted octanol–water partition coefficient (Wildman–Crippen LogP) is 0.326. The Balaban J connectivity index is 2.77. The molecule has 20 heavy (non-hydrogen) atoms. The lowest BCUT2D eigenvalue weighted by molar-refractivity contribution is -0.146. The first-order valence-electron chi connectivity index (χ1n) is 5.38. The quantitative estimate of drug-likeness (QED) is 0.693. The minimum absolute atomic E-state index is 0.000876. The summed E-state index contributed by atoms with van der Waals surface area (Å²) in [5.74, 6) is -1.43. The van der Waals surface area contributed by atoms with E-state index >= 15 is 0 Å². The van der Waals surface area contributed by atoms with Crippen molar-refractivity contribution in [3.63, 3.8) is 0 Å². The molecule has 7 nitrogen and oxygen atoms in total. The van der Waals surface area contributed by atoms with Crippen LogP contribution in [0, 0.1) is 11.3 Å². The fraction of sp³-hybridized carbons (Fsp3) is 0.273. The molecule has 0 saturated heterocycles. The first kappa shape index (κ1) is 16.4. The number of sulfonamides is 1. The van der Waals surface area contributed by atoms with Gasteiger partial charge in [0.15, 0.2) is 6.10 Å². The van der Waals surface area contributed by atoms with E-state index in [9.17, 15) is 13.2 Å². The van der Waals surface area contributed by atoms with E-state index in [1.807, 2.05) is 0 Å². The van der Waals surface area contributed by atoms with Crippen LogP contribution in [0.5, 0.6) is 0 Å². The number of nitrogens with zero attached hydrogens (tertiary/aromatic N) is 1. The third-order valence-electron chi connectivity index (χ3n) is 2.37. The number of carboxylic acids is 1. The van der Waals surface area contributed by atoms with Crippen LogP contribution < -0.4 is 4.72 Å². The lowest BCUT2D eigenvalue weighted by Crippen LogP contribution is -2.30. The Hall–Kier alpha value is -1.66. The third kappa shape index (κ3) is 4.18. The standard InChI is InChI=1S/C11H11ClN2O5S/c12-9-5-8(2-1-7(9)6-13)20(18,19)14-4-3-10(15)11(16)17/h1-2,5,10,14-15H,3-4H2,(H,16,17)/t10-/m0/s1. The van der Waals surface area contributed by atoms with Crippen molar-refractivity contribution in [1.82, 2.24) is 4.72 Å². The number of hydrogen-bond acceptors (Lipinski definition) is 5. The molecule has 0 heterocycles. The van der Waals surface area contributed by atoms with Gasteiger partial charge in [0.25, 0.3) is 0 Å². The van der Waals surface area contributed by atoms with Gasteiger partial charge in [-0.3, -0.25) is 0 Å². The number of halogens is 1. The van der Waals surface area contributed by atoms with Crippen LogP contribution in [-0.4, -0.2) is 37.2 Å². The molecule has 1 aromatic carbocycles. The van der Waals surface area contributed by atoms with Crippen LogP contribution >= 0.6 is 11.6 Å². The highest BCUT2D eigenvalue weighted by Gasteiger charge is 2.18. The van der Waals surface area contributed by atoms with Crippen molar-refractivity contribution in [2.75, 3.05) is 6.54 Å². The number of carbonyl (C=O) groups is 1. The number of carboxylic acid groups (broad SMARTS) is 1. The monoisotopic (exact) mass is 318 g/mol. The van der Waals surface area contributed by atoms with Crippen LogP contribution in [0.25, 0.3) is 0 Å². The summed E-state index contributed by atoms with van der Waals surface area (Å²) in [6, 6.07) is 5.40. The van der Waals surface area contributed by atoms with Crippen molar-refractivity contribution < 1.29 is 23.4 Å². The third-order valence-corrected chi connectivity index (χ3v) is 4.14. The molecule has 0 unspecified atom stereocenters. The van der Waals surface area contributed by atoms with E-state index in [4.69, 9.17) is 27.1 Å². The average molecular weight is 319 g/mol. The lowest BCUT2D eigenvalue weighted by atomic mass is 10.2. The number of aliphatic carboxylic acids is 1. The molecule has 108 valence electrons. The molecule has 0 aliphatic carbocycles. The number of nitriles is 1. The van der Waals surface area contributed by atoms with Gasteiger partial charge in [-0.05, 0) is 24.6 Å². The number of hydrogen-bond donors (Lipinski definition) is 3. The summed E-state index contributed by atoms with van der Waals surface area (Å²) in [6.07, 6.45) is -1.90. The number of rotatable bonds is 6. The van der Waals surface area contributed by atoms with E-state index in [-0.39, 0.29) is 28.4 Å². The van der Waals surface area contributed by atoms with Crippen LogP contribution in [0.2, 0.25) is 5.02 Å². The highest BCUT2D eigenvalue weighted by molar-refractivity contribution is 7.89. The molecular formula is C11H11ClN2O5S. The number of nitrogens with one attached hydrogen (secondary N) is 1. The number of benzene rings is 1. The summed E-state index contributed by atoms with van der Waals surface area (Å²) in [5, 5.41) is 26.1. The zero-order valence-electron chi connectivity index (χ0n) is 10.1. The maximum absolute atomic E-state index is 11.9. The van der Waals surface area contributed by atoms with Gasteiger partial charge in [0.2, 0.25) is 10.0 Å². The van der Waals surface area contributed by atoms with Gasteiger partial charge in [-0.25, -0.2) is 17.9 Å². The van der Waals surface area contributed by atoms with Crippen molar-refractivity contribution in [2.45, 2.75) is 17.4 Å². The first-order valence-corrected chi connectivity index (χ1v) is 7.24. The van der Waals surface area contributed by atoms with Gasteiger partial charge in [0, 0.05) is 6.54 Å². The molecule has 1 rings (SSSR count). The van der Waals surface area contributed by atoms with E-state index in [1.165, 1.54) is 12.1 Å². The summed E-state index contributed by atoms with van der Waals surface area (Å²) in [5.41, 5.74) is 0.145. The molecule has 0 bridgehead atoms. The second-order valence-electron chi connectivity index (χ2n) is 3.79. The zero-order chi connectivity index (χ0) is 15.3. The van der Waals surface area contributed by atoms with Crippen molar-refractivity contribution in [3.8, 4) is 6.07 Å². The highest BCUT2D eigenvalue weighted by Crippen LogP contribution is 2.20. The minimum Gasteiger partial charge on any atom is -0.479 e. The topological polar surface area (TPSA) is 127 Å². The summed E-state index contributed by atoms with van der Waals surface area (Å²) < 4.78 is 25.8. The molecule has 1 atom stereocenters. The fourth-order valence-electron chi connectivity index (χ4n) is 1.29. The SMILES string of the molecule is N#Cc1ccc(S(=O)(=O)NCC[C@H](O)C(=O)O)cc1Cl. The molecule has 1 aromatic rings. The van der Waals surface area contributed by atoms with Gasteiger partial charge in [-0.1, -0.05) is 11.6 Å². The number of aliphatic hydroxyl groups is 1. The van der Waals surface area contributed by atoms with Gasteiger partial charge < -0.3 is 10.2 Å². The molecule has 0 fully saturated rings. The molecule has 0 aromatic heterocycles. The Morgan fingerprint density at radius 2 is 2.15 bits per heavy atom. The molecule has 0 saturated carbocycles. The van der Waals surface area contributed by atoms with E-state index in [1.54, 1.807) is 6.07 Å². The van der Waals surface area contributed by atoms with Gasteiger partial charge in [-0.2, -0.15) is 5.26 Å². The maximum atomic E-state index is 11.9. The molecule has 9 heteroatoms. The van der Waals surface area contributed by atoms with E-state index in [2.05, 4.69) is 4.72 Å². The first-order chi connectivity index (χ1) is 9.27. The van der Waals surface area contributed by atoms with Crippen molar-refractivity contribution in [3.05, 3.63) is 28.8 Å². The van der Waals surface area contributed by atoms with E-state index < -0.39 is 22.1 Å². The molecule has 0 spiro atoms. The molecule has 0 aliphatic heterocycles. The molecule has 0 aliphatic rings. The van der Waals surface area contributed by atoms with Gasteiger partial charge in [0.05, 0.1) is 15.5 Å². The van der Waals surface area contributed by atoms with Crippen molar-refractivity contribution in [1.29, 1.82) is 5.26 Å². The van der Waals surface area contributed by atoms with E-state index in [0.29, 0.717) is 0 Å². The largest absolute Gasteiger partial charge is 0.479 e. The van der Waals surface area contributed by atoms with Gasteiger partial charge in [0.1, 0.15) is 6.07 Å². The van der Waals surface area contributed by atoms with Gasteiger partial charge in [-0.15, -0.1) is 0 Å². The van der Waals surface area contributed by atoms with Crippen LogP contribution in [0.3, 0.4) is 0 Å². The van der Waals surface area contributed by atoms with Crippen LogP contribution in [0.1, 0.15) is 12.0 Å². The summed E-state index contributed by atoms with van der Waals surface area (Å²) in [7, 11) is -3.88. The minimum atomic E-state index is -3.88. The summed E-state index contributed by atoms with van der Waals surface area (Å²) >= 11 is 5.73. The highest BCUT2D eigenvalue weighted by atomic mass is 35.5.